The highest BCUT2D eigenvalue weighted by molar-refractivity contribution is 6.34. The SMILES string of the molecule is Cc1[nH]n2nc(-c3ccc(NCOCOC(=O)C4CCc5ccccc5C4)cc3)nc2c1Cl. The van der Waals surface area contributed by atoms with E-state index in [2.05, 4.69) is 32.6 Å². The van der Waals surface area contributed by atoms with Gasteiger partial charge in [-0.2, -0.15) is 4.63 Å². The molecule has 9 heteroatoms. The quantitative estimate of drug-likeness (QED) is 0.239. The molecule has 5 rings (SSSR count). The highest BCUT2D eigenvalue weighted by Gasteiger charge is 2.25. The maximum atomic E-state index is 12.4. The molecule has 1 unspecified atom stereocenters. The highest BCUT2D eigenvalue weighted by Crippen LogP contribution is 2.26. The first-order valence-electron chi connectivity index (χ1n) is 10.8. The number of anilines is 1. The van der Waals surface area contributed by atoms with Gasteiger partial charge in [0, 0.05) is 11.3 Å². The highest BCUT2D eigenvalue weighted by atomic mass is 35.5. The molecule has 1 atom stereocenters. The van der Waals surface area contributed by atoms with Crippen molar-refractivity contribution in [1.29, 1.82) is 0 Å². The van der Waals surface area contributed by atoms with E-state index in [9.17, 15) is 4.79 Å². The molecule has 0 amide bonds. The number of aryl methyl sites for hydroxylation is 2. The van der Waals surface area contributed by atoms with Crippen molar-refractivity contribution in [3.8, 4) is 11.4 Å². The van der Waals surface area contributed by atoms with E-state index in [4.69, 9.17) is 21.1 Å². The van der Waals surface area contributed by atoms with Gasteiger partial charge in [0.1, 0.15) is 11.8 Å². The van der Waals surface area contributed by atoms with Crippen molar-refractivity contribution in [2.75, 3.05) is 18.8 Å². The average Bonchev–Trinajstić information content (AvgIpc) is 3.37. The van der Waals surface area contributed by atoms with Gasteiger partial charge < -0.3 is 14.8 Å². The molecule has 2 aromatic heterocycles. The molecule has 33 heavy (non-hydrogen) atoms. The molecule has 4 aromatic rings. The van der Waals surface area contributed by atoms with Crippen LogP contribution in [0.5, 0.6) is 0 Å². The van der Waals surface area contributed by atoms with Gasteiger partial charge in [0.05, 0.1) is 11.6 Å². The lowest BCUT2D eigenvalue weighted by Gasteiger charge is -2.23. The van der Waals surface area contributed by atoms with Gasteiger partial charge in [-0.25, -0.2) is 4.98 Å². The normalized spacial score (nSPS) is 15.4. The zero-order chi connectivity index (χ0) is 22.8. The van der Waals surface area contributed by atoms with E-state index < -0.39 is 0 Å². The molecule has 0 bridgehead atoms. The third kappa shape index (κ3) is 4.58. The molecular weight excluding hydrogens is 442 g/mol. The number of hydrogen-bond donors (Lipinski definition) is 2. The van der Waals surface area contributed by atoms with E-state index in [1.165, 1.54) is 11.1 Å². The minimum absolute atomic E-state index is 0.0765. The van der Waals surface area contributed by atoms with Gasteiger partial charge in [-0.05, 0) is 61.6 Å². The van der Waals surface area contributed by atoms with E-state index in [0.29, 0.717) is 16.5 Å². The third-order valence-corrected chi connectivity index (χ3v) is 6.34. The summed E-state index contributed by atoms with van der Waals surface area (Å²) < 4.78 is 12.3. The number of esters is 1. The van der Waals surface area contributed by atoms with Crippen LogP contribution in [0, 0.1) is 12.8 Å². The standard InChI is InChI=1S/C24H24ClN5O3/c1-15-21(25)23-27-22(29-30(23)28-15)17-8-10-20(11-9-17)26-13-32-14-33-24(31)19-7-6-16-4-2-3-5-18(16)12-19/h2-5,8-11,19,26,28H,6-7,12-14H2,1H3. The van der Waals surface area contributed by atoms with Crippen molar-refractivity contribution >= 4 is 28.9 Å². The average molecular weight is 466 g/mol. The number of H-pyrrole nitrogens is 1. The van der Waals surface area contributed by atoms with Gasteiger partial charge in [-0.3, -0.25) is 9.89 Å². The van der Waals surface area contributed by atoms with E-state index in [1.54, 1.807) is 4.63 Å². The van der Waals surface area contributed by atoms with Crippen LogP contribution < -0.4 is 5.32 Å². The summed E-state index contributed by atoms with van der Waals surface area (Å²) >= 11 is 6.22. The predicted molar refractivity (Wildman–Crippen MR) is 125 cm³/mol. The number of carbonyl (C=O) groups is 1. The number of halogens is 1. The Morgan fingerprint density at radius 1 is 1.21 bits per heavy atom. The van der Waals surface area contributed by atoms with Crippen LogP contribution in [0.1, 0.15) is 23.2 Å². The number of aromatic nitrogens is 4. The molecule has 1 aliphatic carbocycles. The van der Waals surface area contributed by atoms with Crippen molar-refractivity contribution < 1.29 is 14.3 Å². The van der Waals surface area contributed by atoms with Crippen LogP contribution >= 0.6 is 11.6 Å². The van der Waals surface area contributed by atoms with Crippen LogP contribution in [-0.2, 0) is 27.1 Å². The van der Waals surface area contributed by atoms with E-state index >= 15 is 0 Å². The van der Waals surface area contributed by atoms with Crippen molar-refractivity contribution in [3.63, 3.8) is 0 Å². The first-order valence-corrected chi connectivity index (χ1v) is 11.2. The van der Waals surface area contributed by atoms with E-state index in [0.717, 1.165) is 36.2 Å². The zero-order valence-electron chi connectivity index (χ0n) is 18.2. The monoisotopic (exact) mass is 465 g/mol. The van der Waals surface area contributed by atoms with Crippen LogP contribution in [0.25, 0.3) is 17.0 Å². The smallest absolute Gasteiger partial charge is 0.311 e. The summed E-state index contributed by atoms with van der Waals surface area (Å²) in [4.78, 5) is 16.8. The maximum absolute atomic E-state index is 12.4. The number of carbonyl (C=O) groups excluding carboxylic acids is 1. The Bertz CT molecular complexity index is 1280. The number of aromatic amines is 1. The van der Waals surface area contributed by atoms with Crippen molar-refractivity contribution in [3.05, 3.63) is 70.4 Å². The molecule has 0 aliphatic heterocycles. The molecule has 0 saturated heterocycles. The van der Waals surface area contributed by atoms with Gasteiger partial charge in [0.25, 0.3) is 0 Å². The second-order valence-electron chi connectivity index (χ2n) is 8.11. The Balaban J connectivity index is 1.07. The molecule has 0 radical (unpaired) electrons. The Hall–Kier alpha value is -3.36. The van der Waals surface area contributed by atoms with Gasteiger partial charge >= 0.3 is 5.97 Å². The Labute approximate surface area is 195 Å². The first-order chi connectivity index (χ1) is 16.1. The molecule has 2 aromatic carbocycles. The lowest BCUT2D eigenvalue weighted by atomic mass is 9.84. The topological polar surface area (TPSA) is 93.5 Å². The number of benzene rings is 2. The molecule has 1 aliphatic rings. The summed E-state index contributed by atoms with van der Waals surface area (Å²) in [6.07, 6.45) is 2.45. The Kier molecular flexibility index (Phi) is 6.02. The minimum atomic E-state index is -0.201. The number of ether oxygens (including phenoxy) is 2. The van der Waals surface area contributed by atoms with Gasteiger partial charge in [0.2, 0.25) is 0 Å². The third-order valence-electron chi connectivity index (χ3n) is 5.89. The first kappa shape index (κ1) is 21.5. The Morgan fingerprint density at radius 2 is 2.00 bits per heavy atom. The number of hydrogen-bond acceptors (Lipinski definition) is 6. The summed E-state index contributed by atoms with van der Waals surface area (Å²) in [7, 11) is 0. The molecule has 0 spiro atoms. The predicted octanol–water partition coefficient (Wildman–Crippen LogP) is 4.38. The summed E-state index contributed by atoms with van der Waals surface area (Å²) in [5.74, 6) is 0.280. The minimum Gasteiger partial charge on any atom is -0.438 e. The van der Waals surface area contributed by atoms with Crippen LogP contribution in [0.4, 0.5) is 5.69 Å². The second kappa shape index (κ2) is 9.25. The number of nitrogens with zero attached hydrogens (tertiary/aromatic N) is 3. The van der Waals surface area contributed by atoms with Crippen LogP contribution in [0.2, 0.25) is 5.02 Å². The zero-order valence-corrected chi connectivity index (χ0v) is 18.9. The lowest BCUT2D eigenvalue weighted by Crippen LogP contribution is -2.25. The summed E-state index contributed by atoms with van der Waals surface area (Å²) in [6.45, 7) is 2.02. The van der Waals surface area contributed by atoms with E-state index in [1.807, 2.05) is 43.3 Å². The number of fused-ring (bicyclic) bond motifs is 2. The van der Waals surface area contributed by atoms with Crippen molar-refractivity contribution in [2.45, 2.75) is 26.2 Å². The van der Waals surface area contributed by atoms with Gasteiger partial charge in [-0.1, -0.05) is 35.9 Å². The fraction of sp³-hybridized carbons (Fsp3) is 0.292. The maximum Gasteiger partial charge on any atom is 0.311 e. The molecule has 0 saturated carbocycles. The number of rotatable bonds is 7. The lowest BCUT2D eigenvalue weighted by molar-refractivity contribution is -0.161. The fourth-order valence-electron chi connectivity index (χ4n) is 4.06. The van der Waals surface area contributed by atoms with Crippen LogP contribution in [0.15, 0.2) is 48.5 Å². The van der Waals surface area contributed by atoms with Crippen LogP contribution in [0.3, 0.4) is 0 Å². The fourth-order valence-corrected chi connectivity index (χ4v) is 4.22. The summed E-state index contributed by atoms with van der Waals surface area (Å²) in [5.41, 5.74) is 5.73. The molecule has 170 valence electrons. The summed E-state index contributed by atoms with van der Waals surface area (Å²) in [5, 5.41) is 11.2. The molecule has 2 N–H and O–H groups in total. The second-order valence-corrected chi connectivity index (χ2v) is 8.49. The molecule has 0 fully saturated rings. The molecular formula is C24H24ClN5O3. The molecule has 8 nitrogen and oxygen atoms in total. The van der Waals surface area contributed by atoms with E-state index in [-0.39, 0.29) is 25.4 Å². The molecule has 2 heterocycles. The van der Waals surface area contributed by atoms with Gasteiger partial charge in [0.15, 0.2) is 18.3 Å². The van der Waals surface area contributed by atoms with Gasteiger partial charge in [-0.15, -0.1) is 5.10 Å². The summed E-state index contributed by atoms with van der Waals surface area (Å²) in [6, 6.07) is 15.9. The van der Waals surface area contributed by atoms with Crippen LogP contribution in [-0.4, -0.2) is 39.3 Å². The largest absolute Gasteiger partial charge is 0.438 e. The van der Waals surface area contributed by atoms with Crippen molar-refractivity contribution in [1.82, 2.24) is 19.8 Å². The number of nitrogens with one attached hydrogen (secondary N) is 2. The van der Waals surface area contributed by atoms with Crippen molar-refractivity contribution in [2.24, 2.45) is 5.92 Å². The Morgan fingerprint density at radius 3 is 2.79 bits per heavy atom.